The first-order chi connectivity index (χ1) is 9.08. The Bertz CT molecular complexity index is 478. The predicted octanol–water partition coefficient (Wildman–Crippen LogP) is 1.85. The van der Waals surface area contributed by atoms with E-state index >= 15 is 0 Å². The summed E-state index contributed by atoms with van der Waals surface area (Å²) < 4.78 is 5.18. The number of nitrogens with one attached hydrogen (secondary N) is 1. The number of hydrogen-bond acceptors (Lipinski definition) is 4. The van der Waals surface area contributed by atoms with Crippen molar-refractivity contribution in [3.05, 3.63) is 41.0 Å². The van der Waals surface area contributed by atoms with E-state index in [2.05, 4.69) is 30.4 Å². The monoisotopic (exact) mass is 263 g/mol. The molecule has 104 valence electrons. The highest BCUT2D eigenvalue weighted by Gasteiger charge is 2.08. The summed E-state index contributed by atoms with van der Waals surface area (Å²) in [7, 11) is 1.55. The van der Waals surface area contributed by atoms with E-state index in [-0.39, 0.29) is 5.84 Å². The first-order valence-corrected chi connectivity index (χ1v) is 6.07. The first kappa shape index (κ1) is 15.0. The van der Waals surface area contributed by atoms with Crippen molar-refractivity contribution >= 4 is 5.84 Å². The van der Waals surface area contributed by atoms with Gasteiger partial charge in [0.1, 0.15) is 5.75 Å². The van der Waals surface area contributed by atoms with E-state index in [1.165, 1.54) is 5.57 Å². The number of ether oxygens (including phenoxy) is 1. The van der Waals surface area contributed by atoms with Crippen molar-refractivity contribution in [2.45, 2.75) is 20.4 Å². The zero-order chi connectivity index (χ0) is 14.3. The Hall–Kier alpha value is -2.01. The molecule has 0 aromatic heterocycles. The number of nitrogens with two attached hydrogens (primary N) is 1. The number of rotatable bonds is 6. The van der Waals surface area contributed by atoms with Crippen LogP contribution in [-0.2, 0) is 6.54 Å². The van der Waals surface area contributed by atoms with Crippen LogP contribution in [0.2, 0.25) is 0 Å². The minimum absolute atomic E-state index is 0.0444. The SMILES string of the molecule is COc1ccc(CNCC=C(C)C)cc1/C(N)=N/O. The molecule has 0 fully saturated rings. The Morgan fingerprint density at radius 2 is 2.21 bits per heavy atom. The second kappa shape index (κ2) is 7.43. The molecule has 1 aromatic rings. The molecular formula is C14H21N3O2. The molecule has 0 bridgehead atoms. The summed E-state index contributed by atoms with van der Waals surface area (Å²) in [6, 6.07) is 5.61. The third kappa shape index (κ3) is 4.63. The summed E-state index contributed by atoms with van der Waals surface area (Å²) in [5.41, 5.74) is 8.54. The van der Waals surface area contributed by atoms with Gasteiger partial charge in [0.2, 0.25) is 0 Å². The Kier molecular flexibility index (Phi) is 5.89. The van der Waals surface area contributed by atoms with Crippen LogP contribution in [0, 0.1) is 0 Å². The van der Waals surface area contributed by atoms with Crippen LogP contribution in [0.25, 0.3) is 0 Å². The normalized spacial score (nSPS) is 11.2. The summed E-state index contributed by atoms with van der Waals surface area (Å²) in [6.07, 6.45) is 2.12. The molecule has 4 N–H and O–H groups in total. The van der Waals surface area contributed by atoms with E-state index < -0.39 is 0 Å². The van der Waals surface area contributed by atoms with Crippen LogP contribution < -0.4 is 15.8 Å². The minimum atomic E-state index is 0.0444. The highest BCUT2D eigenvalue weighted by molar-refractivity contribution is 5.99. The van der Waals surface area contributed by atoms with Crippen LogP contribution in [0.3, 0.4) is 0 Å². The quantitative estimate of drug-likeness (QED) is 0.183. The van der Waals surface area contributed by atoms with Crippen molar-refractivity contribution < 1.29 is 9.94 Å². The molecule has 0 heterocycles. The van der Waals surface area contributed by atoms with Crippen LogP contribution >= 0.6 is 0 Å². The van der Waals surface area contributed by atoms with Crippen molar-refractivity contribution in [2.24, 2.45) is 10.9 Å². The summed E-state index contributed by atoms with van der Waals surface area (Å²) >= 11 is 0. The van der Waals surface area contributed by atoms with E-state index in [0.29, 0.717) is 17.9 Å². The molecule has 0 saturated heterocycles. The lowest BCUT2D eigenvalue weighted by Crippen LogP contribution is -2.17. The topological polar surface area (TPSA) is 79.9 Å². The maximum atomic E-state index is 8.76. The lowest BCUT2D eigenvalue weighted by molar-refractivity contribution is 0.318. The molecule has 5 heteroatoms. The van der Waals surface area contributed by atoms with Gasteiger partial charge in [-0.1, -0.05) is 22.9 Å². The molecule has 5 nitrogen and oxygen atoms in total. The number of oxime groups is 1. The first-order valence-electron chi connectivity index (χ1n) is 6.07. The molecule has 1 rings (SSSR count). The Morgan fingerprint density at radius 1 is 1.47 bits per heavy atom. The maximum absolute atomic E-state index is 8.76. The lowest BCUT2D eigenvalue weighted by Gasteiger charge is -2.10. The second-order valence-electron chi connectivity index (χ2n) is 4.43. The average molecular weight is 263 g/mol. The fraction of sp³-hybridized carbons (Fsp3) is 0.357. The number of allylic oxidation sites excluding steroid dienone is 1. The van der Waals surface area contributed by atoms with Gasteiger partial charge in [-0.25, -0.2) is 0 Å². The number of hydrogen-bond donors (Lipinski definition) is 3. The Balaban J connectivity index is 2.78. The van der Waals surface area contributed by atoms with Gasteiger partial charge < -0.3 is 21.0 Å². The molecule has 0 aliphatic rings. The molecule has 0 radical (unpaired) electrons. The van der Waals surface area contributed by atoms with E-state index in [1.54, 1.807) is 7.11 Å². The molecule has 0 atom stereocenters. The summed E-state index contributed by atoms with van der Waals surface area (Å²) in [4.78, 5) is 0. The highest BCUT2D eigenvalue weighted by atomic mass is 16.5. The zero-order valence-electron chi connectivity index (χ0n) is 11.6. The van der Waals surface area contributed by atoms with E-state index in [0.717, 1.165) is 12.1 Å². The standard InChI is InChI=1S/C14H21N3O2/c1-10(2)6-7-16-9-11-4-5-13(19-3)12(8-11)14(15)17-18/h4-6,8,16,18H,7,9H2,1-3H3,(H2,15,17). The largest absolute Gasteiger partial charge is 0.496 e. The van der Waals surface area contributed by atoms with Crippen LogP contribution in [0.1, 0.15) is 25.0 Å². The van der Waals surface area contributed by atoms with Crippen molar-refractivity contribution in [1.82, 2.24) is 5.32 Å². The Labute approximate surface area is 113 Å². The third-order valence-corrected chi connectivity index (χ3v) is 2.63. The molecule has 0 spiro atoms. The van der Waals surface area contributed by atoms with Gasteiger partial charge in [-0.2, -0.15) is 0 Å². The lowest BCUT2D eigenvalue weighted by atomic mass is 10.1. The smallest absolute Gasteiger partial charge is 0.173 e. The van der Waals surface area contributed by atoms with Gasteiger partial charge in [-0.3, -0.25) is 0 Å². The summed E-state index contributed by atoms with van der Waals surface area (Å²) in [5, 5.41) is 15.1. The molecule has 0 amide bonds. The van der Waals surface area contributed by atoms with Gasteiger partial charge in [0, 0.05) is 13.1 Å². The highest BCUT2D eigenvalue weighted by Crippen LogP contribution is 2.19. The van der Waals surface area contributed by atoms with Crippen molar-refractivity contribution in [2.75, 3.05) is 13.7 Å². The predicted molar refractivity (Wildman–Crippen MR) is 76.6 cm³/mol. The molecule has 1 aromatic carbocycles. The summed E-state index contributed by atoms with van der Waals surface area (Å²) in [6.45, 7) is 5.64. The maximum Gasteiger partial charge on any atom is 0.173 e. The number of nitrogens with zero attached hydrogens (tertiary/aromatic N) is 1. The van der Waals surface area contributed by atoms with Crippen LogP contribution in [-0.4, -0.2) is 24.7 Å². The molecule has 0 saturated carbocycles. The van der Waals surface area contributed by atoms with Crippen LogP contribution in [0.15, 0.2) is 35.0 Å². The average Bonchev–Trinajstić information content (AvgIpc) is 2.42. The van der Waals surface area contributed by atoms with Gasteiger partial charge in [-0.05, 0) is 31.5 Å². The van der Waals surface area contributed by atoms with Gasteiger partial charge >= 0.3 is 0 Å². The van der Waals surface area contributed by atoms with Crippen LogP contribution in [0.5, 0.6) is 5.75 Å². The number of benzene rings is 1. The van der Waals surface area contributed by atoms with Crippen LogP contribution in [0.4, 0.5) is 0 Å². The van der Waals surface area contributed by atoms with Crippen molar-refractivity contribution in [3.63, 3.8) is 0 Å². The number of amidine groups is 1. The van der Waals surface area contributed by atoms with E-state index in [4.69, 9.17) is 15.7 Å². The van der Waals surface area contributed by atoms with E-state index in [1.807, 2.05) is 18.2 Å². The molecular weight excluding hydrogens is 242 g/mol. The Morgan fingerprint density at radius 3 is 2.79 bits per heavy atom. The van der Waals surface area contributed by atoms with Gasteiger partial charge in [0.05, 0.1) is 12.7 Å². The fourth-order valence-corrected chi connectivity index (χ4v) is 1.61. The molecule has 0 unspecified atom stereocenters. The number of methoxy groups -OCH3 is 1. The zero-order valence-corrected chi connectivity index (χ0v) is 11.6. The molecule has 0 aliphatic heterocycles. The third-order valence-electron chi connectivity index (χ3n) is 2.63. The fourth-order valence-electron chi connectivity index (χ4n) is 1.61. The van der Waals surface area contributed by atoms with E-state index in [9.17, 15) is 0 Å². The molecule has 19 heavy (non-hydrogen) atoms. The van der Waals surface area contributed by atoms with Crippen molar-refractivity contribution in [3.8, 4) is 5.75 Å². The second-order valence-corrected chi connectivity index (χ2v) is 4.43. The summed E-state index contributed by atoms with van der Waals surface area (Å²) in [5.74, 6) is 0.631. The van der Waals surface area contributed by atoms with Gasteiger partial charge in [0.25, 0.3) is 0 Å². The minimum Gasteiger partial charge on any atom is -0.496 e. The molecule has 0 aliphatic carbocycles. The van der Waals surface area contributed by atoms with Crippen molar-refractivity contribution in [1.29, 1.82) is 0 Å². The van der Waals surface area contributed by atoms with Gasteiger partial charge in [0.15, 0.2) is 5.84 Å². The van der Waals surface area contributed by atoms with Gasteiger partial charge in [-0.15, -0.1) is 0 Å².